The molecule has 1 amide bonds. The molecule has 1 saturated carbocycles. The zero-order valence-corrected chi connectivity index (χ0v) is 15.1. The number of aliphatic hydroxyl groups is 1. The third-order valence-electron chi connectivity index (χ3n) is 4.85. The topological polar surface area (TPSA) is 75.6 Å². The molecule has 5 nitrogen and oxygen atoms in total. The van der Waals surface area contributed by atoms with Crippen molar-refractivity contribution in [3.63, 3.8) is 0 Å². The molecule has 136 valence electrons. The van der Waals surface area contributed by atoms with Gasteiger partial charge < -0.3 is 15.2 Å². The predicted molar refractivity (Wildman–Crippen MR) is 95.8 cm³/mol. The van der Waals surface area contributed by atoms with Crippen LogP contribution in [0.15, 0.2) is 42.3 Å². The highest BCUT2D eigenvalue weighted by Crippen LogP contribution is 2.35. The zero-order valence-electron chi connectivity index (χ0n) is 15.1. The molecule has 1 fully saturated rings. The van der Waals surface area contributed by atoms with E-state index in [0.29, 0.717) is 29.6 Å². The van der Waals surface area contributed by atoms with Crippen LogP contribution in [0.1, 0.15) is 50.4 Å². The van der Waals surface area contributed by atoms with Crippen molar-refractivity contribution >= 4 is 11.9 Å². The quantitative estimate of drug-likeness (QED) is 0.483. The Morgan fingerprint density at radius 3 is 2.52 bits per heavy atom. The van der Waals surface area contributed by atoms with Gasteiger partial charge in [0.05, 0.1) is 0 Å². The molecule has 3 atom stereocenters. The van der Waals surface area contributed by atoms with E-state index >= 15 is 0 Å². The van der Waals surface area contributed by atoms with Crippen LogP contribution in [-0.2, 0) is 9.53 Å². The first-order chi connectivity index (χ1) is 11.9. The van der Waals surface area contributed by atoms with Crippen LogP contribution in [-0.4, -0.2) is 23.1 Å². The minimum absolute atomic E-state index is 0.195. The molecule has 0 radical (unpaired) electrons. The van der Waals surface area contributed by atoms with Crippen molar-refractivity contribution in [3.8, 4) is 0 Å². The van der Waals surface area contributed by atoms with Gasteiger partial charge in [0.15, 0.2) is 5.70 Å². The lowest BCUT2D eigenvalue weighted by molar-refractivity contribution is -0.151. The number of rotatable bonds is 5. The Kier molecular flexibility index (Phi) is 6.62. The summed E-state index contributed by atoms with van der Waals surface area (Å²) in [4.78, 5) is 24.6. The Hall–Kier alpha value is -2.30. The van der Waals surface area contributed by atoms with Crippen molar-refractivity contribution < 1.29 is 19.4 Å². The van der Waals surface area contributed by atoms with E-state index in [0.717, 1.165) is 19.3 Å². The van der Waals surface area contributed by atoms with Crippen LogP contribution in [0, 0.1) is 17.8 Å². The molecule has 1 aromatic carbocycles. The predicted octanol–water partition coefficient (Wildman–Crippen LogP) is 3.82. The Morgan fingerprint density at radius 1 is 1.24 bits per heavy atom. The number of nitrogens with one attached hydrogen (secondary N) is 1. The van der Waals surface area contributed by atoms with Crippen LogP contribution < -0.4 is 5.32 Å². The summed E-state index contributed by atoms with van der Waals surface area (Å²) in [5, 5.41) is 11.8. The molecule has 0 saturated heterocycles. The second-order valence-corrected chi connectivity index (χ2v) is 7.13. The van der Waals surface area contributed by atoms with E-state index in [1.54, 1.807) is 30.3 Å². The molecule has 0 aromatic heterocycles. The molecule has 0 aliphatic heterocycles. The summed E-state index contributed by atoms with van der Waals surface area (Å²) in [5.41, 5.74) is 0.163. The Balaban J connectivity index is 2.02. The van der Waals surface area contributed by atoms with Crippen LogP contribution in [0.2, 0.25) is 0 Å². The van der Waals surface area contributed by atoms with Crippen molar-refractivity contribution in [2.75, 3.05) is 0 Å². The lowest BCUT2D eigenvalue weighted by Crippen LogP contribution is -2.38. The molecular formula is C20H27NO4. The van der Waals surface area contributed by atoms with Gasteiger partial charge in [0.25, 0.3) is 5.91 Å². The molecule has 2 rings (SSSR count). The van der Waals surface area contributed by atoms with E-state index < -0.39 is 11.9 Å². The fourth-order valence-corrected chi connectivity index (χ4v) is 3.37. The molecule has 0 heterocycles. The van der Waals surface area contributed by atoms with Crippen molar-refractivity contribution in [2.24, 2.45) is 17.8 Å². The minimum atomic E-state index is -0.698. The molecule has 1 aliphatic carbocycles. The third-order valence-corrected chi connectivity index (χ3v) is 4.85. The summed E-state index contributed by atoms with van der Waals surface area (Å²) in [6.07, 6.45) is 3.36. The van der Waals surface area contributed by atoms with Gasteiger partial charge in [0.2, 0.25) is 0 Å². The van der Waals surface area contributed by atoms with Crippen LogP contribution in [0.4, 0.5) is 0 Å². The molecule has 0 spiro atoms. The molecule has 1 aliphatic rings. The number of amides is 1. The number of carbonyl (C=O) groups is 2. The van der Waals surface area contributed by atoms with E-state index in [1.807, 2.05) is 0 Å². The summed E-state index contributed by atoms with van der Waals surface area (Å²) in [7, 11) is 0. The Morgan fingerprint density at radius 2 is 1.92 bits per heavy atom. The number of hydrogen-bond donors (Lipinski definition) is 2. The number of carbonyl (C=O) groups excluding carboxylic acids is 2. The van der Waals surface area contributed by atoms with Gasteiger partial charge in [-0.2, -0.15) is 0 Å². The van der Waals surface area contributed by atoms with Crippen LogP contribution in [0.3, 0.4) is 0 Å². The van der Waals surface area contributed by atoms with Gasteiger partial charge in [-0.05, 0) is 42.7 Å². The summed E-state index contributed by atoms with van der Waals surface area (Å²) >= 11 is 0. The highest BCUT2D eigenvalue weighted by Gasteiger charge is 2.34. The van der Waals surface area contributed by atoms with Gasteiger partial charge in [-0.3, -0.25) is 4.79 Å². The van der Waals surface area contributed by atoms with Crippen molar-refractivity contribution in [1.82, 2.24) is 5.32 Å². The number of ether oxygens (including phenoxy) is 1. The number of aliphatic hydroxyl groups excluding tert-OH is 1. The van der Waals surface area contributed by atoms with Gasteiger partial charge in [0, 0.05) is 5.56 Å². The molecule has 2 N–H and O–H groups in total. The average molecular weight is 345 g/mol. The standard InChI is InChI=1S/C20H27NO4/c1-13(2)16-10-9-14(3)11-18(16)25-20(24)17(12-22)21-19(23)15-7-5-4-6-8-15/h4-8,12-14,16,18,22H,9-11H2,1-3H3,(H,21,23)/b17-12-/t14-,16+,18-/m1/s1. The molecule has 1 aromatic rings. The van der Waals surface area contributed by atoms with Crippen LogP contribution in [0.5, 0.6) is 0 Å². The first kappa shape index (κ1) is 19.0. The third kappa shape index (κ3) is 5.08. The van der Waals surface area contributed by atoms with E-state index in [1.165, 1.54) is 0 Å². The summed E-state index contributed by atoms with van der Waals surface area (Å²) < 4.78 is 5.64. The van der Waals surface area contributed by atoms with Gasteiger partial charge in [-0.15, -0.1) is 0 Å². The van der Waals surface area contributed by atoms with Crippen LogP contribution in [0.25, 0.3) is 0 Å². The van der Waals surface area contributed by atoms with Crippen molar-refractivity contribution in [1.29, 1.82) is 0 Å². The van der Waals surface area contributed by atoms with Crippen molar-refractivity contribution in [3.05, 3.63) is 47.9 Å². The summed E-state index contributed by atoms with van der Waals surface area (Å²) in [5.74, 6) is 0.0377. The number of esters is 1. The number of benzene rings is 1. The molecule has 0 unspecified atom stereocenters. The molecule has 25 heavy (non-hydrogen) atoms. The normalized spacial score (nSPS) is 24.0. The van der Waals surface area contributed by atoms with Gasteiger partial charge in [-0.1, -0.05) is 45.4 Å². The second kappa shape index (κ2) is 8.70. The van der Waals surface area contributed by atoms with E-state index in [-0.39, 0.29) is 11.8 Å². The maximum absolute atomic E-state index is 12.4. The number of hydrogen-bond acceptors (Lipinski definition) is 4. The lowest BCUT2D eigenvalue weighted by Gasteiger charge is -2.36. The fraction of sp³-hybridized carbons (Fsp3) is 0.500. The second-order valence-electron chi connectivity index (χ2n) is 7.13. The Bertz CT molecular complexity index is 624. The summed E-state index contributed by atoms with van der Waals surface area (Å²) in [6, 6.07) is 8.52. The zero-order chi connectivity index (χ0) is 18.4. The lowest BCUT2D eigenvalue weighted by atomic mass is 9.75. The van der Waals surface area contributed by atoms with E-state index in [9.17, 15) is 14.7 Å². The maximum Gasteiger partial charge on any atom is 0.358 e. The SMILES string of the molecule is CC(C)[C@@H]1CC[C@@H](C)C[C@H]1OC(=O)/C(=C/O)NC(=O)c1ccccc1. The highest BCUT2D eigenvalue weighted by atomic mass is 16.5. The van der Waals surface area contributed by atoms with E-state index in [2.05, 4.69) is 26.1 Å². The highest BCUT2D eigenvalue weighted by molar-refractivity contribution is 6.00. The molecule has 0 bridgehead atoms. The van der Waals surface area contributed by atoms with Crippen molar-refractivity contribution in [2.45, 2.75) is 46.1 Å². The monoisotopic (exact) mass is 345 g/mol. The smallest absolute Gasteiger partial charge is 0.358 e. The van der Waals surface area contributed by atoms with Crippen LogP contribution >= 0.6 is 0 Å². The summed E-state index contributed by atoms with van der Waals surface area (Å²) in [6.45, 7) is 6.40. The largest absolute Gasteiger partial charge is 0.513 e. The van der Waals surface area contributed by atoms with Gasteiger partial charge in [0.1, 0.15) is 12.4 Å². The molecule has 5 heteroatoms. The van der Waals surface area contributed by atoms with Gasteiger partial charge in [-0.25, -0.2) is 4.79 Å². The maximum atomic E-state index is 12.4. The Labute approximate surface area is 149 Å². The molecular weight excluding hydrogens is 318 g/mol. The first-order valence-corrected chi connectivity index (χ1v) is 8.84. The van der Waals surface area contributed by atoms with E-state index in [4.69, 9.17) is 4.74 Å². The minimum Gasteiger partial charge on any atom is -0.513 e. The fourth-order valence-electron chi connectivity index (χ4n) is 3.37. The van der Waals surface area contributed by atoms with Gasteiger partial charge >= 0.3 is 5.97 Å². The average Bonchev–Trinajstić information content (AvgIpc) is 2.59. The first-order valence-electron chi connectivity index (χ1n) is 8.84.